The molecule has 2 amide bonds. The maximum Gasteiger partial charge on any atom is 0.250 e. The third kappa shape index (κ3) is 2.94. The highest BCUT2D eigenvalue weighted by molar-refractivity contribution is 5.95. The molecule has 6 heteroatoms. The van der Waals surface area contributed by atoms with E-state index in [0.29, 0.717) is 13.1 Å². The SMILES string of the molecule is O=C1CN(CCn2cccn2)C(=O)C(c2ccccc2)N1. The number of amides is 2. The van der Waals surface area contributed by atoms with Crippen molar-refractivity contribution < 1.29 is 9.59 Å². The van der Waals surface area contributed by atoms with Crippen LogP contribution in [0.4, 0.5) is 0 Å². The second kappa shape index (κ2) is 5.78. The number of carbonyl (C=O) groups excluding carboxylic acids is 2. The van der Waals surface area contributed by atoms with Crippen molar-refractivity contribution >= 4 is 11.8 Å². The summed E-state index contributed by atoms with van der Waals surface area (Å²) >= 11 is 0. The lowest BCUT2D eigenvalue weighted by molar-refractivity contribution is -0.144. The molecule has 21 heavy (non-hydrogen) atoms. The number of piperazine rings is 1. The summed E-state index contributed by atoms with van der Waals surface area (Å²) in [5.41, 5.74) is 0.805. The van der Waals surface area contributed by atoms with Gasteiger partial charge in [0.1, 0.15) is 6.04 Å². The highest BCUT2D eigenvalue weighted by atomic mass is 16.2. The zero-order valence-corrected chi connectivity index (χ0v) is 11.5. The van der Waals surface area contributed by atoms with Crippen molar-refractivity contribution in [3.8, 4) is 0 Å². The Kier molecular flexibility index (Phi) is 3.68. The molecule has 1 aromatic carbocycles. The normalized spacial score (nSPS) is 18.7. The summed E-state index contributed by atoms with van der Waals surface area (Å²) < 4.78 is 1.75. The first-order valence-electron chi connectivity index (χ1n) is 6.84. The number of hydrogen-bond donors (Lipinski definition) is 1. The van der Waals surface area contributed by atoms with E-state index in [1.165, 1.54) is 0 Å². The van der Waals surface area contributed by atoms with E-state index in [4.69, 9.17) is 0 Å². The second-order valence-corrected chi connectivity index (χ2v) is 4.94. The molecule has 1 saturated heterocycles. The van der Waals surface area contributed by atoms with Crippen LogP contribution in [0.15, 0.2) is 48.8 Å². The quantitative estimate of drug-likeness (QED) is 0.893. The van der Waals surface area contributed by atoms with Gasteiger partial charge in [-0.15, -0.1) is 0 Å². The molecule has 1 atom stereocenters. The molecule has 1 unspecified atom stereocenters. The molecule has 0 saturated carbocycles. The number of hydrogen-bond acceptors (Lipinski definition) is 3. The van der Waals surface area contributed by atoms with E-state index in [1.54, 1.807) is 15.8 Å². The standard InChI is InChI=1S/C15H16N4O2/c20-13-11-18(9-10-19-8-4-7-16-19)15(21)14(17-13)12-5-2-1-3-6-12/h1-8,14H,9-11H2,(H,17,20). The van der Waals surface area contributed by atoms with Crippen LogP contribution in [-0.2, 0) is 16.1 Å². The van der Waals surface area contributed by atoms with E-state index in [1.807, 2.05) is 42.6 Å². The number of nitrogens with one attached hydrogen (secondary N) is 1. The first-order chi connectivity index (χ1) is 10.2. The third-order valence-corrected chi connectivity index (χ3v) is 3.49. The molecule has 1 aromatic heterocycles. The van der Waals surface area contributed by atoms with Crippen molar-refractivity contribution in [1.82, 2.24) is 20.0 Å². The molecule has 2 heterocycles. The Hall–Kier alpha value is -2.63. The third-order valence-electron chi connectivity index (χ3n) is 3.49. The molecule has 1 fully saturated rings. The van der Waals surface area contributed by atoms with Gasteiger partial charge >= 0.3 is 0 Å². The predicted octanol–water partition coefficient (Wildman–Crippen LogP) is 0.583. The van der Waals surface area contributed by atoms with Crippen molar-refractivity contribution in [2.75, 3.05) is 13.1 Å². The fourth-order valence-electron chi connectivity index (χ4n) is 2.42. The molecular weight excluding hydrogens is 268 g/mol. The van der Waals surface area contributed by atoms with Gasteiger partial charge in [-0.3, -0.25) is 14.3 Å². The van der Waals surface area contributed by atoms with Crippen LogP contribution in [0.3, 0.4) is 0 Å². The van der Waals surface area contributed by atoms with E-state index < -0.39 is 6.04 Å². The number of rotatable bonds is 4. The number of carbonyl (C=O) groups is 2. The van der Waals surface area contributed by atoms with E-state index in [9.17, 15) is 9.59 Å². The largest absolute Gasteiger partial charge is 0.339 e. The summed E-state index contributed by atoms with van der Waals surface area (Å²) in [5, 5.41) is 6.85. The summed E-state index contributed by atoms with van der Waals surface area (Å²) in [4.78, 5) is 25.9. The molecule has 1 aliphatic rings. The number of benzene rings is 1. The topological polar surface area (TPSA) is 67.2 Å². The monoisotopic (exact) mass is 284 g/mol. The predicted molar refractivity (Wildman–Crippen MR) is 76.1 cm³/mol. The molecular formula is C15H16N4O2. The van der Waals surface area contributed by atoms with Gasteiger partial charge in [-0.1, -0.05) is 30.3 Å². The molecule has 0 bridgehead atoms. The zero-order valence-electron chi connectivity index (χ0n) is 11.5. The van der Waals surface area contributed by atoms with Crippen molar-refractivity contribution in [2.45, 2.75) is 12.6 Å². The Morgan fingerprint density at radius 1 is 1.14 bits per heavy atom. The Balaban J connectivity index is 1.72. The Morgan fingerprint density at radius 2 is 1.95 bits per heavy atom. The maximum absolute atomic E-state index is 12.5. The van der Waals surface area contributed by atoms with Crippen LogP contribution in [0.1, 0.15) is 11.6 Å². The Labute approximate surface area is 122 Å². The highest BCUT2D eigenvalue weighted by Gasteiger charge is 2.33. The lowest BCUT2D eigenvalue weighted by Crippen LogP contribution is -2.54. The summed E-state index contributed by atoms with van der Waals surface area (Å²) in [6.45, 7) is 1.15. The Bertz CT molecular complexity index is 624. The van der Waals surface area contributed by atoms with Crippen LogP contribution in [-0.4, -0.2) is 39.6 Å². The van der Waals surface area contributed by atoms with Crippen LogP contribution in [0.5, 0.6) is 0 Å². The minimum atomic E-state index is -0.593. The average Bonchev–Trinajstić information content (AvgIpc) is 3.02. The highest BCUT2D eigenvalue weighted by Crippen LogP contribution is 2.18. The van der Waals surface area contributed by atoms with Gasteiger partial charge in [-0.05, 0) is 11.6 Å². The van der Waals surface area contributed by atoms with Crippen molar-refractivity contribution in [2.24, 2.45) is 0 Å². The first kappa shape index (κ1) is 13.4. The molecule has 3 rings (SSSR count). The molecule has 2 aromatic rings. The zero-order chi connectivity index (χ0) is 14.7. The van der Waals surface area contributed by atoms with E-state index in [2.05, 4.69) is 10.4 Å². The fraction of sp³-hybridized carbons (Fsp3) is 0.267. The second-order valence-electron chi connectivity index (χ2n) is 4.94. The van der Waals surface area contributed by atoms with Gasteiger partial charge in [0, 0.05) is 18.9 Å². The van der Waals surface area contributed by atoms with E-state index in [-0.39, 0.29) is 18.4 Å². The Morgan fingerprint density at radius 3 is 2.67 bits per heavy atom. The summed E-state index contributed by atoms with van der Waals surface area (Å²) in [5.74, 6) is -0.211. The lowest BCUT2D eigenvalue weighted by Gasteiger charge is -2.32. The minimum Gasteiger partial charge on any atom is -0.339 e. The van der Waals surface area contributed by atoms with Gasteiger partial charge in [-0.25, -0.2) is 0 Å². The van der Waals surface area contributed by atoms with Gasteiger partial charge in [0.15, 0.2) is 0 Å². The van der Waals surface area contributed by atoms with Crippen LogP contribution in [0, 0.1) is 0 Å². The molecule has 0 aliphatic carbocycles. The van der Waals surface area contributed by atoms with Crippen LogP contribution < -0.4 is 5.32 Å². The molecule has 0 radical (unpaired) electrons. The van der Waals surface area contributed by atoms with Crippen molar-refractivity contribution in [3.63, 3.8) is 0 Å². The summed E-state index contributed by atoms with van der Waals surface area (Å²) in [6, 6.07) is 10.5. The van der Waals surface area contributed by atoms with Crippen molar-refractivity contribution in [3.05, 3.63) is 54.4 Å². The van der Waals surface area contributed by atoms with Gasteiger partial charge in [0.2, 0.25) is 11.8 Å². The first-order valence-corrected chi connectivity index (χ1v) is 6.84. The van der Waals surface area contributed by atoms with Crippen LogP contribution in [0.25, 0.3) is 0 Å². The molecule has 108 valence electrons. The van der Waals surface area contributed by atoms with Crippen LogP contribution >= 0.6 is 0 Å². The van der Waals surface area contributed by atoms with Crippen molar-refractivity contribution in [1.29, 1.82) is 0 Å². The molecule has 0 spiro atoms. The number of aromatic nitrogens is 2. The molecule has 6 nitrogen and oxygen atoms in total. The van der Waals surface area contributed by atoms with E-state index >= 15 is 0 Å². The summed E-state index contributed by atoms with van der Waals surface area (Å²) in [6.07, 6.45) is 3.53. The van der Waals surface area contributed by atoms with Gasteiger partial charge in [0.05, 0.1) is 13.1 Å². The molecule has 1 N–H and O–H groups in total. The average molecular weight is 284 g/mol. The fourth-order valence-corrected chi connectivity index (χ4v) is 2.42. The van der Waals surface area contributed by atoms with Gasteiger partial charge in [0.25, 0.3) is 0 Å². The minimum absolute atomic E-state index is 0.0760. The number of nitrogens with zero attached hydrogens (tertiary/aromatic N) is 3. The van der Waals surface area contributed by atoms with Gasteiger partial charge in [-0.2, -0.15) is 5.10 Å². The van der Waals surface area contributed by atoms with E-state index in [0.717, 1.165) is 5.56 Å². The van der Waals surface area contributed by atoms with Crippen LogP contribution in [0.2, 0.25) is 0 Å². The molecule has 1 aliphatic heterocycles. The smallest absolute Gasteiger partial charge is 0.250 e. The lowest BCUT2D eigenvalue weighted by atomic mass is 10.0. The van der Waals surface area contributed by atoms with Gasteiger partial charge < -0.3 is 10.2 Å². The maximum atomic E-state index is 12.5. The summed E-state index contributed by atoms with van der Waals surface area (Å²) in [7, 11) is 0.